The number of nitrogens with two attached hydrogens (primary N) is 1. The van der Waals surface area contributed by atoms with Crippen molar-refractivity contribution in [3.05, 3.63) is 0 Å². The fraction of sp³-hybridized carbons (Fsp3) is 1.00. The molecule has 1 rings (SSSR count). The van der Waals surface area contributed by atoms with E-state index in [1.165, 1.54) is 0 Å². The molecule has 1 aliphatic carbocycles. The Bertz CT molecular complexity index is 238. The third-order valence-electron chi connectivity index (χ3n) is 3.30. The Hall–Kier alpha value is -0.360. The van der Waals surface area contributed by atoms with Crippen molar-refractivity contribution >= 4 is 0 Å². The number of halogens is 4. The van der Waals surface area contributed by atoms with Crippen molar-refractivity contribution in [1.29, 1.82) is 0 Å². The van der Waals surface area contributed by atoms with Gasteiger partial charge in [-0.3, -0.25) is 0 Å². The Kier molecular flexibility index (Phi) is 5.19. The predicted molar refractivity (Wildman–Crippen MR) is 56.3 cm³/mol. The molecule has 0 heterocycles. The normalized spacial score (nSPS) is 30.9. The minimum atomic E-state index is -4.07. The minimum absolute atomic E-state index is 0.000303. The number of hydrogen-bond donors (Lipinski definition) is 1. The fourth-order valence-corrected chi connectivity index (χ4v) is 2.15. The Balaban J connectivity index is 2.48. The molecule has 0 aromatic rings. The molecule has 0 aromatic carbocycles. The molecular weight excluding hydrogens is 238 g/mol. The third kappa shape index (κ3) is 4.10. The van der Waals surface area contributed by atoms with Gasteiger partial charge in [0.15, 0.2) is 0 Å². The molecule has 3 unspecified atom stereocenters. The van der Waals surface area contributed by atoms with Gasteiger partial charge >= 0.3 is 12.3 Å². The van der Waals surface area contributed by atoms with E-state index in [2.05, 4.69) is 0 Å². The van der Waals surface area contributed by atoms with Gasteiger partial charge in [-0.15, -0.1) is 0 Å². The molecule has 2 N–H and O–H groups in total. The second kappa shape index (κ2) is 6.00. The largest absolute Gasteiger partial charge is 0.371 e. The van der Waals surface area contributed by atoms with E-state index in [4.69, 9.17) is 10.5 Å². The second-order valence-corrected chi connectivity index (χ2v) is 4.83. The molecule has 0 aromatic heterocycles. The van der Waals surface area contributed by atoms with Crippen molar-refractivity contribution in [2.45, 2.75) is 44.6 Å². The van der Waals surface area contributed by atoms with Crippen LogP contribution in [0, 0.1) is 11.8 Å². The lowest BCUT2D eigenvalue weighted by molar-refractivity contribution is -0.184. The summed E-state index contributed by atoms with van der Waals surface area (Å²) in [5, 5.41) is 0. The maximum absolute atomic E-state index is 12.7. The van der Waals surface area contributed by atoms with Crippen LogP contribution in [0.1, 0.15) is 26.2 Å². The lowest BCUT2D eigenvalue weighted by atomic mass is 9.80. The van der Waals surface area contributed by atoms with E-state index < -0.39 is 25.1 Å². The monoisotopic (exact) mass is 257 g/mol. The zero-order valence-corrected chi connectivity index (χ0v) is 9.84. The summed E-state index contributed by atoms with van der Waals surface area (Å²) in [6, 6.07) is 0. The summed E-state index contributed by atoms with van der Waals surface area (Å²) in [4.78, 5) is 0. The third-order valence-corrected chi connectivity index (χ3v) is 3.30. The van der Waals surface area contributed by atoms with Crippen molar-refractivity contribution in [2.75, 3.05) is 13.2 Å². The Morgan fingerprint density at radius 2 is 2.00 bits per heavy atom. The lowest BCUT2D eigenvalue weighted by Gasteiger charge is -2.34. The molecule has 1 aliphatic rings. The van der Waals surface area contributed by atoms with Gasteiger partial charge in [-0.25, -0.2) is 8.78 Å². The van der Waals surface area contributed by atoms with Crippen LogP contribution in [0.25, 0.3) is 0 Å². The SMILES string of the molecule is CC1CCC(CN)C(OCC(F)(F)C(F)F)C1. The van der Waals surface area contributed by atoms with E-state index in [1.807, 2.05) is 6.92 Å². The smallest absolute Gasteiger partial charge is 0.330 e. The number of alkyl halides is 4. The van der Waals surface area contributed by atoms with Crippen LogP contribution >= 0.6 is 0 Å². The number of ether oxygens (including phenoxy) is 1. The number of hydrogen-bond acceptors (Lipinski definition) is 2. The highest BCUT2D eigenvalue weighted by atomic mass is 19.3. The van der Waals surface area contributed by atoms with Gasteiger partial charge in [-0.1, -0.05) is 13.3 Å². The first-order chi connectivity index (χ1) is 7.86. The molecule has 6 heteroatoms. The van der Waals surface area contributed by atoms with E-state index in [0.717, 1.165) is 12.8 Å². The van der Waals surface area contributed by atoms with Crippen LogP contribution in [0.4, 0.5) is 17.6 Å². The standard InChI is InChI=1S/C11H19F4NO/c1-7-2-3-8(5-16)9(4-7)17-6-11(14,15)10(12)13/h7-10H,2-6,16H2,1H3. The molecule has 1 fully saturated rings. The predicted octanol–water partition coefficient (Wildman–Crippen LogP) is 2.67. The van der Waals surface area contributed by atoms with E-state index in [9.17, 15) is 17.6 Å². The maximum atomic E-state index is 12.7. The summed E-state index contributed by atoms with van der Waals surface area (Å²) in [7, 11) is 0. The van der Waals surface area contributed by atoms with E-state index in [1.54, 1.807) is 0 Å². The lowest BCUT2D eigenvalue weighted by Crippen LogP contribution is -2.40. The molecule has 0 spiro atoms. The maximum Gasteiger partial charge on any atom is 0.330 e. The van der Waals surface area contributed by atoms with Crippen LogP contribution in [0.3, 0.4) is 0 Å². The van der Waals surface area contributed by atoms with Crippen molar-refractivity contribution in [3.8, 4) is 0 Å². The summed E-state index contributed by atoms with van der Waals surface area (Å²) in [5.74, 6) is -3.71. The van der Waals surface area contributed by atoms with Crippen molar-refractivity contribution < 1.29 is 22.3 Å². The Morgan fingerprint density at radius 1 is 1.35 bits per heavy atom. The van der Waals surface area contributed by atoms with Crippen LogP contribution in [-0.2, 0) is 4.74 Å². The van der Waals surface area contributed by atoms with Gasteiger partial charge in [-0.05, 0) is 31.2 Å². The molecule has 2 nitrogen and oxygen atoms in total. The molecule has 0 radical (unpaired) electrons. The molecule has 0 amide bonds. The van der Waals surface area contributed by atoms with Crippen LogP contribution in [0.15, 0.2) is 0 Å². The quantitative estimate of drug-likeness (QED) is 0.768. The zero-order chi connectivity index (χ0) is 13.1. The van der Waals surface area contributed by atoms with Gasteiger partial charge in [0.05, 0.1) is 6.10 Å². The van der Waals surface area contributed by atoms with Gasteiger partial charge in [0.1, 0.15) is 6.61 Å². The van der Waals surface area contributed by atoms with Crippen LogP contribution in [0.5, 0.6) is 0 Å². The van der Waals surface area contributed by atoms with Gasteiger partial charge in [0, 0.05) is 0 Å². The van der Waals surface area contributed by atoms with Gasteiger partial charge < -0.3 is 10.5 Å². The summed E-state index contributed by atoms with van der Waals surface area (Å²) in [5.41, 5.74) is 5.52. The van der Waals surface area contributed by atoms with Crippen LogP contribution in [0.2, 0.25) is 0 Å². The fourth-order valence-electron chi connectivity index (χ4n) is 2.15. The van der Waals surface area contributed by atoms with E-state index in [-0.39, 0.29) is 5.92 Å². The molecule has 17 heavy (non-hydrogen) atoms. The molecule has 0 saturated heterocycles. The van der Waals surface area contributed by atoms with E-state index >= 15 is 0 Å². The van der Waals surface area contributed by atoms with Crippen molar-refractivity contribution in [3.63, 3.8) is 0 Å². The molecule has 1 saturated carbocycles. The molecular formula is C11H19F4NO. The highest BCUT2D eigenvalue weighted by Gasteiger charge is 2.42. The van der Waals surface area contributed by atoms with Crippen LogP contribution < -0.4 is 5.73 Å². The van der Waals surface area contributed by atoms with Gasteiger partial charge in [0.2, 0.25) is 0 Å². The summed E-state index contributed by atoms with van der Waals surface area (Å²) >= 11 is 0. The first-order valence-corrected chi connectivity index (χ1v) is 5.84. The summed E-state index contributed by atoms with van der Waals surface area (Å²) in [6.07, 6.45) is -1.70. The molecule has 0 bridgehead atoms. The highest BCUT2D eigenvalue weighted by molar-refractivity contribution is 4.81. The van der Waals surface area contributed by atoms with Gasteiger partial charge in [0.25, 0.3) is 0 Å². The van der Waals surface area contributed by atoms with Crippen LogP contribution in [-0.4, -0.2) is 31.6 Å². The highest BCUT2D eigenvalue weighted by Crippen LogP contribution is 2.32. The summed E-state index contributed by atoms with van der Waals surface area (Å²) < 4.78 is 54.4. The van der Waals surface area contributed by atoms with Crippen molar-refractivity contribution in [2.24, 2.45) is 17.6 Å². The first-order valence-electron chi connectivity index (χ1n) is 5.84. The Labute approximate surface area is 98.5 Å². The summed E-state index contributed by atoms with van der Waals surface area (Å²) in [6.45, 7) is 1.12. The Morgan fingerprint density at radius 3 is 2.53 bits per heavy atom. The van der Waals surface area contributed by atoms with Gasteiger partial charge in [-0.2, -0.15) is 8.78 Å². The number of rotatable bonds is 5. The average molecular weight is 257 g/mol. The molecule has 3 atom stereocenters. The molecule has 0 aliphatic heterocycles. The van der Waals surface area contributed by atoms with Crippen molar-refractivity contribution in [1.82, 2.24) is 0 Å². The van der Waals surface area contributed by atoms with E-state index in [0.29, 0.717) is 18.9 Å². The molecule has 102 valence electrons. The first kappa shape index (κ1) is 14.7. The minimum Gasteiger partial charge on any atom is -0.371 e. The second-order valence-electron chi connectivity index (χ2n) is 4.83. The average Bonchev–Trinajstić information content (AvgIpc) is 2.26. The zero-order valence-electron chi connectivity index (χ0n) is 9.84. The topological polar surface area (TPSA) is 35.2 Å².